The average molecular weight is 402 g/mol. The number of amides is 1. The number of carbonyl (C=O) groups excluding carboxylic acids is 1. The number of nitrogens with two attached hydrogens (primary N) is 1. The Morgan fingerprint density at radius 3 is 2.23 bits per heavy atom. The van der Waals surface area contributed by atoms with Gasteiger partial charge in [-0.05, 0) is 68.3 Å². The summed E-state index contributed by atoms with van der Waals surface area (Å²) < 4.78 is 5.77. The van der Waals surface area contributed by atoms with Crippen molar-refractivity contribution in [1.82, 2.24) is 5.32 Å². The Bertz CT molecular complexity index is 988. The Morgan fingerprint density at radius 1 is 1.10 bits per heavy atom. The lowest BCUT2D eigenvalue weighted by atomic mass is 10.1. The van der Waals surface area contributed by atoms with E-state index in [0.29, 0.717) is 34.9 Å². The molecule has 0 unspecified atom stereocenters. The second-order valence-electron chi connectivity index (χ2n) is 6.89. The summed E-state index contributed by atoms with van der Waals surface area (Å²) in [5, 5.41) is 11.7. The van der Waals surface area contributed by atoms with Gasteiger partial charge >= 0.3 is 0 Å². The van der Waals surface area contributed by atoms with Gasteiger partial charge in [0.2, 0.25) is 0 Å². The van der Waals surface area contributed by atoms with Gasteiger partial charge in [-0.3, -0.25) is 4.79 Å². The fourth-order valence-corrected chi connectivity index (χ4v) is 2.50. The number of hydrogen-bond donors (Lipinski definition) is 2. The third kappa shape index (κ3) is 6.99. The molecule has 0 aliphatic heterocycles. The maximum atomic E-state index is 12.5. The molecule has 30 heavy (non-hydrogen) atoms. The lowest BCUT2D eigenvalue weighted by molar-refractivity contribution is -0.117. The number of nitrogens with one attached hydrogen (secondary N) is 1. The van der Waals surface area contributed by atoms with E-state index in [4.69, 9.17) is 15.7 Å². The van der Waals surface area contributed by atoms with Gasteiger partial charge in [-0.15, -0.1) is 0 Å². The molecule has 0 saturated heterocycles. The molecular formula is C25H27N3O2. The molecule has 0 heterocycles. The van der Waals surface area contributed by atoms with Crippen molar-refractivity contribution in [3.05, 3.63) is 94.7 Å². The molecule has 0 aliphatic rings. The lowest BCUT2D eigenvalue weighted by Crippen LogP contribution is -2.25. The number of carbonyl (C=O) groups is 1. The Kier molecular flexibility index (Phi) is 8.46. The smallest absolute Gasteiger partial charge is 0.253 e. The number of benzene rings is 2. The van der Waals surface area contributed by atoms with E-state index < -0.39 is 0 Å². The summed E-state index contributed by atoms with van der Waals surface area (Å²) in [6.45, 7) is 6.21. The molecule has 5 nitrogen and oxygen atoms in total. The van der Waals surface area contributed by atoms with Crippen molar-refractivity contribution in [3.8, 4) is 17.6 Å². The summed E-state index contributed by atoms with van der Waals surface area (Å²) in [5.41, 5.74) is 9.55. The number of ether oxygens (including phenoxy) is 1. The van der Waals surface area contributed by atoms with E-state index in [2.05, 4.69) is 18.3 Å². The van der Waals surface area contributed by atoms with E-state index in [0.717, 1.165) is 12.0 Å². The molecule has 0 atom stereocenters. The molecule has 0 aromatic heterocycles. The summed E-state index contributed by atoms with van der Waals surface area (Å²) in [5.74, 6) is 1.11. The summed E-state index contributed by atoms with van der Waals surface area (Å²) in [7, 11) is 0. The zero-order valence-electron chi connectivity index (χ0n) is 17.6. The maximum Gasteiger partial charge on any atom is 0.253 e. The molecule has 1 amide bonds. The minimum Gasteiger partial charge on any atom is -0.457 e. The van der Waals surface area contributed by atoms with E-state index in [9.17, 15) is 4.79 Å². The number of nitriles is 1. The molecule has 0 fully saturated rings. The van der Waals surface area contributed by atoms with Crippen molar-refractivity contribution >= 4 is 5.91 Å². The molecule has 0 radical (unpaired) electrons. The van der Waals surface area contributed by atoms with Crippen LogP contribution in [-0.2, 0) is 11.3 Å². The fourth-order valence-electron chi connectivity index (χ4n) is 2.50. The van der Waals surface area contributed by atoms with E-state index >= 15 is 0 Å². The lowest BCUT2D eigenvalue weighted by Gasteiger charge is -2.09. The van der Waals surface area contributed by atoms with Gasteiger partial charge in [0.1, 0.15) is 11.5 Å². The van der Waals surface area contributed by atoms with Crippen LogP contribution in [0.5, 0.6) is 11.5 Å². The first-order chi connectivity index (χ1) is 14.4. The van der Waals surface area contributed by atoms with Gasteiger partial charge in [-0.25, -0.2) is 0 Å². The molecule has 5 heteroatoms. The van der Waals surface area contributed by atoms with E-state index in [1.165, 1.54) is 5.57 Å². The zero-order valence-corrected chi connectivity index (χ0v) is 17.6. The standard InChI is InChI=1S/C25H27N3O2/c1-4-18(2)6-5-7-24(19(3)27)25(29)28-17-21-10-14-23(15-11-21)30-22-12-8-20(16-26)9-13-22/h5-15H,4,17,27H2,1-3H3,(H,28,29)/b7-5-,18-6?,24-19-. The highest BCUT2D eigenvalue weighted by Crippen LogP contribution is 2.22. The highest BCUT2D eigenvalue weighted by molar-refractivity contribution is 5.96. The molecular weight excluding hydrogens is 374 g/mol. The Morgan fingerprint density at radius 2 is 1.70 bits per heavy atom. The Labute approximate surface area is 178 Å². The molecule has 0 aliphatic carbocycles. The van der Waals surface area contributed by atoms with Gasteiger partial charge in [0, 0.05) is 12.2 Å². The van der Waals surface area contributed by atoms with Gasteiger partial charge < -0.3 is 15.8 Å². The van der Waals surface area contributed by atoms with Gasteiger partial charge in [0.05, 0.1) is 17.2 Å². The van der Waals surface area contributed by atoms with Crippen LogP contribution in [0, 0.1) is 11.3 Å². The van der Waals surface area contributed by atoms with Crippen LogP contribution in [0.2, 0.25) is 0 Å². The van der Waals surface area contributed by atoms with E-state index in [-0.39, 0.29) is 5.91 Å². The second-order valence-corrected chi connectivity index (χ2v) is 6.89. The van der Waals surface area contributed by atoms with E-state index in [1.807, 2.05) is 43.3 Å². The predicted molar refractivity (Wildman–Crippen MR) is 120 cm³/mol. The summed E-state index contributed by atoms with van der Waals surface area (Å²) >= 11 is 0. The third-order valence-electron chi connectivity index (χ3n) is 4.47. The van der Waals surface area contributed by atoms with Gasteiger partial charge in [-0.1, -0.05) is 36.8 Å². The molecule has 0 bridgehead atoms. The first-order valence-corrected chi connectivity index (χ1v) is 9.78. The molecule has 0 saturated carbocycles. The van der Waals surface area contributed by atoms with Crippen LogP contribution in [0.3, 0.4) is 0 Å². The van der Waals surface area contributed by atoms with Crippen LogP contribution in [0.15, 0.2) is 83.6 Å². The minimum absolute atomic E-state index is 0.216. The largest absolute Gasteiger partial charge is 0.457 e. The predicted octanol–water partition coefficient (Wildman–Crippen LogP) is 5.11. The van der Waals surface area contributed by atoms with Gasteiger partial charge in [0.25, 0.3) is 5.91 Å². The SMILES string of the molecule is CCC(C)=C/C=C\C(C(=O)NCc1ccc(Oc2ccc(C#N)cc2)cc1)=C(/C)N. The van der Waals surface area contributed by atoms with Gasteiger partial charge in [0.15, 0.2) is 0 Å². The molecule has 154 valence electrons. The first kappa shape index (κ1) is 22.5. The highest BCUT2D eigenvalue weighted by Gasteiger charge is 2.08. The van der Waals surface area contributed by atoms with Crippen molar-refractivity contribution in [2.45, 2.75) is 33.7 Å². The highest BCUT2D eigenvalue weighted by atomic mass is 16.5. The quantitative estimate of drug-likeness (QED) is 0.475. The monoisotopic (exact) mass is 401 g/mol. The first-order valence-electron chi connectivity index (χ1n) is 9.78. The van der Waals surface area contributed by atoms with Crippen LogP contribution in [0.25, 0.3) is 0 Å². The normalized spacial score (nSPS) is 12.3. The Hall–Kier alpha value is -3.78. The van der Waals surface area contributed by atoms with Gasteiger partial charge in [-0.2, -0.15) is 5.26 Å². The summed E-state index contributed by atoms with van der Waals surface area (Å²) in [4.78, 5) is 12.5. The van der Waals surface area contributed by atoms with E-state index in [1.54, 1.807) is 37.3 Å². The number of rotatable bonds is 8. The van der Waals surface area contributed by atoms with Crippen LogP contribution in [0.4, 0.5) is 0 Å². The third-order valence-corrected chi connectivity index (χ3v) is 4.47. The number of allylic oxidation sites excluding steroid dienone is 4. The van der Waals surface area contributed by atoms with Crippen molar-refractivity contribution in [3.63, 3.8) is 0 Å². The summed E-state index contributed by atoms with van der Waals surface area (Å²) in [6.07, 6.45) is 6.52. The molecule has 3 N–H and O–H groups in total. The van der Waals surface area contributed by atoms with Crippen molar-refractivity contribution < 1.29 is 9.53 Å². The van der Waals surface area contributed by atoms with Crippen molar-refractivity contribution in [2.24, 2.45) is 5.73 Å². The van der Waals surface area contributed by atoms with Crippen molar-refractivity contribution in [2.75, 3.05) is 0 Å². The Balaban J connectivity index is 1.95. The van der Waals surface area contributed by atoms with Crippen LogP contribution in [-0.4, -0.2) is 5.91 Å². The summed E-state index contributed by atoms with van der Waals surface area (Å²) in [6, 6.07) is 16.4. The minimum atomic E-state index is -0.216. The molecule has 2 aromatic carbocycles. The maximum absolute atomic E-state index is 12.5. The fraction of sp³-hybridized carbons (Fsp3) is 0.200. The zero-order chi connectivity index (χ0) is 21.9. The molecule has 2 rings (SSSR count). The molecule has 0 spiro atoms. The number of nitrogens with zero attached hydrogens (tertiary/aromatic N) is 1. The second kappa shape index (κ2) is 11.3. The van der Waals surface area contributed by atoms with Crippen LogP contribution < -0.4 is 15.8 Å². The topological polar surface area (TPSA) is 88.1 Å². The average Bonchev–Trinajstić information content (AvgIpc) is 2.76. The van der Waals surface area contributed by atoms with Crippen molar-refractivity contribution in [1.29, 1.82) is 5.26 Å². The number of hydrogen-bond acceptors (Lipinski definition) is 4. The van der Waals surface area contributed by atoms with Crippen LogP contribution >= 0.6 is 0 Å². The molecule has 2 aromatic rings. The van der Waals surface area contributed by atoms with Crippen LogP contribution in [0.1, 0.15) is 38.3 Å².